The van der Waals surface area contributed by atoms with Gasteiger partial charge in [-0.15, -0.1) is 0 Å². The summed E-state index contributed by atoms with van der Waals surface area (Å²) in [5, 5.41) is 0. The summed E-state index contributed by atoms with van der Waals surface area (Å²) in [6, 6.07) is 0. The molecule has 12 heavy (non-hydrogen) atoms. The monoisotopic (exact) mass is 172 g/mol. The predicted molar refractivity (Wildman–Crippen MR) is 55.5 cm³/mol. The van der Waals surface area contributed by atoms with Gasteiger partial charge in [0.1, 0.15) is 0 Å². The van der Waals surface area contributed by atoms with Crippen LogP contribution in [0.4, 0.5) is 0 Å². The molecule has 0 aromatic rings. The molecule has 2 radical (unpaired) electrons. The van der Waals surface area contributed by atoms with Crippen LogP contribution in [0.3, 0.4) is 0 Å². The van der Waals surface area contributed by atoms with Gasteiger partial charge in [-0.25, -0.2) is 0 Å². The average Bonchev–Trinajstić information content (AvgIpc) is 2.13. The van der Waals surface area contributed by atoms with E-state index in [0.29, 0.717) is 6.54 Å². The van der Waals surface area contributed by atoms with Gasteiger partial charge >= 0.3 is 0 Å². The Kier molecular flexibility index (Phi) is 96.4. The van der Waals surface area contributed by atoms with E-state index < -0.39 is 0 Å². The summed E-state index contributed by atoms with van der Waals surface area (Å²) in [6.45, 7) is 17.5. The molecule has 0 amide bonds. The molecule has 0 aromatic heterocycles. The van der Waals surface area contributed by atoms with Crippen molar-refractivity contribution in [3.8, 4) is 0 Å². The quantitative estimate of drug-likeness (QED) is 0.400. The summed E-state index contributed by atoms with van der Waals surface area (Å²) in [5.74, 6) is 0. The van der Waals surface area contributed by atoms with Crippen molar-refractivity contribution in [1.29, 1.82) is 0 Å². The highest BCUT2D eigenvalue weighted by molar-refractivity contribution is 4.48. The predicted octanol–water partition coefficient (Wildman–Crippen LogP) is -0.512. The van der Waals surface area contributed by atoms with Gasteiger partial charge in [-0.1, -0.05) is 32.9 Å². The summed E-state index contributed by atoms with van der Waals surface area (Å²) in [6.07, 6.45) is 0.912. The second-order valence-corrected chi connectivity index (χ2v) is 1.14. The van der Waals surface area contributed by atoms with E-state index in [1.54, 1.807) is 0 Å². The SMILES string of the molecule is C=CN.NCC(N)N.[CH]=C.[CH]=C. The fraction of sp³-hybridized carbons (Fsp3) is 0.250. The first-order chi connectivity index (χ1) is 5.68. The molecule has 0 heterocycles. The van der Waals surface area contributed by atoms with Crippen molar-refractivity contribution >= 4 is 0 Å². The number of hydrogen-bond donors (Lipinski definition) is 4. The van der Waals surface area contributed by atoms with Crippen LogP contribution in [0.1, 0.15) is 0 Å². The van der Waals surface area contributed by atoms with Gasteiger partial charge in [0, 0.05) is 6.54 Å². The second kappa shape index (κ2) is 51.6. The first-order valence-electron chi connectivity index (χ1n) is 3.04. The third kappa shape index (κ3) is 686. The van der Waals surface area contributed by atoms with E-state index in [0.717, 1.165) is 0 Å². The lowest BCUT2D eigenvalue weighted by Gasteiger charge is -1.93. The van der Waals surface area contributed by atoms with Crippen molar-refractivity contribution in [2.45, 2.75) is 6.17 Å². The lowest BCUT2D eigenvalue weighted by atomic mass is 10.6. The lowest BCUT2D eigenvalue weighted by Crippen LogP contribution is -2.37. The molecule has 0 bridgehead atoms. The van der Waals surface area contributed by atoms with Gasteiger partial charge in [0.05, 0.1) is 6.17 Å². The number of hydrogen-bond acceptors (Lipinski definition) is 4. The van der Waals surface area contributed by atoms with Crippen LogP contribution in [0.15, 0.2) is 25.9 Å². The molecule has 0 aliphatic carbocycles. The summed E-state index contributed by atoms with van der Waals surface area (Å²) in [4.78, 5) is 0. The molecule has 0 aliphatic rings. The Hall–Kier alpha value is -1.10. The molecule has 0 spiro atoms. The van der Waals surface area contributed by atoms with Crippen molar-refractivity contribution in [1.82, 2.24) is 0 Å². The van der Waals surface area contributed by atoms with Gasteiger partial charge in [-0.3, -0.25) is 0 Å². The zero-order valence-corrected chi connectivity index (χ0v) is 7.45. The van der Waals surface area contributed by atoms with Crippen molar-refractivity contribution < 1.29 is 0 Å². The van der Waals surface area contributed by atoms with Crippen LogP contribution < -0.4 is 22.9 Å². The van der Waals surface area contributed by atoms with E-state index in [1.165, 1.54) is 6.20 Å². The molecule has 0 rings (SSSR count). The molecule has 0 saturated carbocycles. The first kappa shape index (κ1) is 22.4. The minimum atomic E-state index is -0.338. The third-order valence-electron chi connectivity index (χ3n) is 0.272. The van der Waals surface area contributed by atoms with E-state index in [1.807, 2.05) is 0 Å². The maximum atomic E-state index is 4.94. The standard InChI is InChI=1S/C2H9N3.C2H5N.2C2H3/c3-1-2(4)5;1-2-3;2*1-2/h2H,1,3-5H2;2H,1,3H2;2*1H,2H2. The van der Waals surface area contributed by atoms with E-state index in [2.05, 4.69) is 38.6 Å². The van der Waals surface area contributed by atoms with Gasteiger partial charge in [0.2, 0.25) is 0 Å². The minimum Gasteiger partial charge on any atom is -0.405 e. The molecule has 72 valence electrons. The Morgan fingerprint density at radius 2 is 1.25 bits per heavy atom. The maximum Gasteiger partial charge on any atom is 0.0647 e. The molecular formula is C8H20N4. The van der Waals surface area contributed by atoms with Crippen LogP contribution in [0.25, 0.3) is 0 Å². The summed E-state index contributed by atoms with van der Waals surface area (Å²) in [7, 11) is 0. The van der Waals surface area contributed by atoms with Crippen molar-refractivity contribution in [2.24, 2.45) is 22.9 Å². The molecular weight excluding hydrogens is 152 g/mol. The van der Waals surface area contributed by atoms with Crippen LogP contribution in [0, 0.1) is 13.2 Å². The highest BCUT2D eigenvalue weighted by Gasteiger charge is 1.79. The van der Waals surface area contributed by atoms with Crippen molar-refractivity contribution in [2.75, 3.05) is 6.54 Å². The maximum absolute atomic E-state index is 4.94. The van der Waals surface area contributed by atoms with E-state index in [4.69, 9.17) is 17.2 Å². The number of nitrogens with two attached hydrogens (primary N) is 4. The smallest absolute Gasteiger partial charge is 0.0647 e. The van der Waals surface area contributed by atoms with Crippen LogP contribution >= 0.6 is 0 Å². The lowest BCUT2D eigenvalue weighted by molar-refractivity contribution is 0.718. The zero-order chi connectivity index (χ0) is 11.0. The normalized spacial score (nSPS) is 5.67. The Bertz CT molecular complexity index is 62.1. The fourth-order valence-corrected chi connectivity index (χ4v) is 0. The van der Waals surface area contributed by atoms with E-state index in [9.17, 15) is 0 Å². The molecule has 0 atom stereocenters. The Balaban J connectivity index is -0.0000000397. The van der Waals surface area contributed by atoms with Gasteiger partial charge in [-0.2, -0.15) is 0 Å². The molecule has 8 N–H and O–H groups in total. The zero-order valence-electron chi connectivity index (χ0n) is 7.45. The van der Waals surface area contributed by atoms with Gasteiger partial charge in [0.15, 0.2) is 0 Å². The van der Waals surface area contributed by atoms with Gasteiger partial charge < -0.3 is 22.9 Å². The first-order valence-corrected chi connectivity index (χ1v) is 3.04. The van der Waals surface area contributed by atoms with Gasteiger partial charge in [0.25, 0.3) is 0 Å². The van der Waals surface area contributed by atoms with Crippen LogP contribution in [-0.2, 0) is 0 Å². The average molecular weight is 172 g/mol. The van der Waals surface area contributed by atoms with Crippen molar-refractivity contribution in [3.63, 3.8) is 0 Å². The van der Waals surface area contributed by atoms with Gasteiger partial charge in [-0.05, 0) is 6.20 Å². The topological polar surface area (TPSA) is 104 Å². The molecule has 0 saturated heterocycles. The minimum absolute atomic E-state index is 0.338. The summed E-state index contributed by atoms with van der Waals surface area (Å²) < 4.78 is 0. The van der Waals surface area contributed by atoms with Crippen molar-refractivity contribution in [3.05, 3.63) is 39.1 Å². The Morgan fingerprint density at radius 3 is 1.25 bits per heavy atom. The van der Waals surface area contributed by atoms with E-state index >= 15 is 0 Å². The van der Waals surface area contributed by atoms with Crippen LogP contribution in [0.2, 0.25) is 0 Å². The fourth-order valence-electron chi connectivity index (χ4n) is 0. The van der Waals surface area contributed by atoms with Crippen LogP contribution in [0.5, 0.6) is 0 Å². The van der Waals surface area contributed by atoms with E-state index in [-0.39, 0.29) is 6.17 Å². The molecule has 0 aliphatic heterocycles. The van der Waals surface area contributed by atoms with Crippen LogP contribution in [-0.4, -0.2) is 12.7 Å². The molecule has 0 aromatic carbocycles. The largest absolute Gasteiger partial charge is 0.405 e. The Morgan fingerprint density at radius 1 is 1.17 bits per heavy atom. The molecule has 0 fully saturated rings. The summed E-state index contributed by atoms with van der Waals surface area (Å²) >= 11 is 0. The third-order valence-corrected chi connectivity index (χ3v) is 0.272. The molecule has 4 heteroatoms. The summed E-state index contributed by atoms with van der Waals surface area (Å²) in [5.41, 5.74) is 19.4. The highest BCUT2D eigenvalue weighted by atomic mass is 14.9. The second-order valence-electron chi connectivity index (χ2n) is 1.14. The number of rotatable bonds is 1. The molecule has 4 nitrogen and oxygen atoms in total. The Labute approximate surface area is 75.6 Å². The highest BCUT2D eigenvalue weighted by Crippen LogP contribution is 1.43. The molecule has 0 unspecified atom stereocenters.